The maximum atomic E-state index is 12.2. The quantitative estimate of drug-likeness (QED) is 0.681. The van der Waals surface area contributed by atoms with E-state index in [4.69, 9.17) is 9.47 Å². The lowest BCUT2D eigenvalue weighted by atomic mass is 10.1. The van der Waals surface area contributed by atoms with E-state index in [1.54, 1.807) is 0 Å². The SMILES string of the molecule is CC(Oc1ccc(C(=O)NS(=O)(=O)C(C)(C)C)nn1)c1cccc(OCC2CC2)c1. The number of nitrogens with zero attached hydrogens (tertiary/aromatic N) is 2. The van der Waals surface area contributed by atoms with Gasteiger partial charge in [-0.2, -0.15) is 0 Å². The largest absolute Gasteiger partial charge is 0.493 e. The summed E-state index contributed by atoms with van der Waals surface area (Å²) in [7, 11) is -3.83. The average molecular weight is 434 g/mol. The number of hydrogen-bond donors (Lipinski definition) is 1. The highest BCUT2D eigenvalue weighted by Gasteiger charge is 2.31. The van der Waals surface area contributed by atoms with Crippen LogP contribution in [0.5, 0.6) is 11.6 Å². The van der Waals surface area contributed by atoms with Crippen molar-refractivity contribution < 1.29 is 22.7 Å². The van der Waals surface area contributed by atoms with Gasteiger partial charge in [-0.1, -0.05) is 12.1 Å². The Morgan fingerprint density at radius 2 is 1.93 bits per heavy atom. The van der Waals surface area contributed by atoms with Crippen molar-refractivity contribution in [2.75, 3.05) is 6.61 Å². The van der Waals surface area contributed by atoms with Crippen LogP contribution in [-0.2, 0) is 10.0 Å². The van der Waals surface area contributed by atoms with E-state index in [2.05, 4.69) is 10.2 Å². The first-order valence-electron chi connectivity index (χ1n) is 9.85. The molecule has 1 N–H and O–H groups in total. The summed E-state index contributed by atoms with van der Waals surface area (Å²) in [5.41, 5.74) is 0.807. The predicted molar refractivity (Wildman–Crippen MR) is 112 cm³/mol. The monoisotopic (exact) mass is 433 g/mol. The number of hydrogen-bond acceptors (Lipinski definition) is 7. The van der Waals surface area contributed by atoms with Gasteiger partial charge in [0.15, 0.2) is 5.69 Å². The number of ether oxygens (including phenoxy) is 2. The number of benzene rings is 1. The molecule has 0 saturated heterocycles. The van der Waals surface area contributed by atoms with Crippen LogP contribution in [0, 0.1) is 5.92 Å². The molecule has 2 aromatic rings. The number of nitrogens with one attached hydrogen (secondary N) is 1. The maximum absolute atomic E-state index is 12.2. The minimum absolute atomic E-state index is 0.113. The van der Waals surface area contributed by atoms with E-state index in [1.807, 2.05) is 35.9 Å². The Hall–Kier alpha value is -2.68. The second kappa shape index (κ2) is 8.59. The molecular weight excluding hydrogens is 406 g/mol. The van der Waals surface area contributed by atoms with Crippen LogP contribution in [-0.4, -0.2) is 35.9 Å². The smallest absolute Gasteiger partial charge is 0.285 e. The minimum atomic E-state index is -3.83. The molecule has 30 heavy (non-hydrogen) atoms. The normalized spacial score (nSPS) is 15.3. The summed E-state index contributed by atoms with van der Waals surface area (Å²) in [6.45, 7) is 7.10. The third-order valence-corrected chi connectivity index (χ3v) is 6.78. The molecule has 0 spiro atoms. The van der Waals surface area contributed by atoms with Gasteiger partial charge in [0.2, 0.25) is 15.9 Å². The van der Waals surface area contributed by atoms with Crippen molar-refractivity contribution in [2.24, 2.45) is 5.92 Å². The van der Waals surface area contributed by atoms with Crippen LogP contribution in [0.1, 0.15) is 62.7 Å². The molecule has 1 heterocycles. The van der Waals surface area contributed by atoms with Crippen molar-refractivity contribution in [1.29, 1.82) is 0 Å². The summed E-state index contributed by atoms with van der Waals surface area (Å²) in [6, 6.07) is 10.5. The van der Waals surface area contributed by atoms with E-state index in [0.29, 0.717) is 5.92 Å². The highest BCUT2D eigenvalue weighted by molar-refractivity contribution is 7.91. The van der Waals surface area contributed by atoms with Crippen molar-refractivity contribution in [3.8, 4) is 11.6 Å². The molecule has 9 heteroatoms. The average Bonchev–Trinajstić information content (AvgIpc) is 3.50. The van der Waals surface area contributed by atoms with Gasteiger partial charge in [0.1, 0.15) is 11.9 Å². The standard InChI is InChI=1S/C21H27N3O5S/c1-14(16-6-5-7-17(12-16)28-13-15-8-9-15)29-19-11-10-18(22-23-19)20(25)24-30(26,27)21(2,3)4/h5-7,10-12,14-15H,8-9,13H2,1-4H3,(H,24,25). The fraction of sp³-hybridized carbons (Fsp3) is 0.476. The Labute approximate surface area is 177 Å². The van der Waals surface area contributed by atoms with Gasteiger partial charge in [-0.05, 0) is 70.2 Å². The summed E-state index contributed by atoms with van der Waals surface area (Å²) in [5, 5.41) is 7.68. The number of carbonyl (C=O) groups excluding carboxylic acids is 1. The first-order valence-corrected chi connectivity index (χ1v) is 11.3. The first kappa shape index (κ1) is 22.0. The van der Waals surface area contributed by atoms with Gasteiger partial charge in [0.05, 0.1) is 11.4 Å². The molecular formula is C21H27N3O5S. The van der Waals surface area contributed by atoms with Crippen LogP contribution in [0.15, 0.2) is 36.4 Å². The highest BCUT2D eigenvalue weighted by atomic mass is 32.2. The van der Waals surface area contributed by atoms with E-state index in [-0.39, 0.29) is 17.7 Å². The molecule has 8 nitrogen and oxygen atoms in total. The summed E-state index contributed by atoms with van der Waals surface area (Å²) in [5.74, 6) is 0.860. The van der Waals surface area contributed by atoms with Crippen LogP contribution < -0.4 is 14.2 Å². The number of rotatable bonds is 8. The molecule has 1 aromatic heterocycles. The first-order chi connectivity index (χ1) is 14.0. The molecule has 1 saturated carbocycles. The fourth-order valence-electron chi connectivity index (χ4n) is 2.44. The third kappa shape index (κ3) is 5.69. The van der Waals surface area contributed by atoms with E-state index >= 15 is 0 Å². The van der Waals surface area contributed by atoms with Crippen molar-refractivity contribution in [3.05, 3.63) is 47.7 Å². The lowest BCUT2D eigenvalue weighted by Gasteiger charge is -2.19. The molecule has 1 aliphatic rings. The van der Waals surface area contributed by atoms with Gasteiger partial charge >= 0.3 is 0 Å². The second-order valence-corrected chi connectivity index (χ2v) is 10.8. The van der Waals surface area contributed by atoms with Gasteiger partial charge in [-0.3, -0.25) is 4.79 Å². The van der Waals surface area contributed by atoms with Crippen LogP contribution in [0.2, 0.25) is 0 Å². The van der Waals surface area contributed by atoms with E-state index in [9.17, 15) is 13.2 Å². The van der Waals surface area contributed by atoms with Gasteiger partial charge in [0.25, 0.3) is 5.91 Å². The second-order valence-electron chi connectivity index (χ2n) is 8.39. The Balaban J connectivity index is 1.61. The predicted octanol–water partition coefficient (Wildman–Crippen LogP) is 3.26. The molecule has 1 aromatic carbocycles. The Morgan fingerprint density at radius 3 is 2.53 bits per heavy atom. The zero-order chi connectivity index (χ0) is 21.9. The van der Waals surface area contributed by atoms with Crippen molar-refractivity contribution >= 4 is 15.9 Å². The Morgan fingerprint density at radius 1 is 1.20 bits per heavy atom. The number of sulfonamides is 1. The summed E-state index contributed by atoms with van der Waals surface area (Å²) >= 11 is 0. The Kier molecular flexibility index (Phi) is 6.30. The van der Waals surface area contributed by atoms with Gasteiger partial charge in [-0.15, -0.1) is 10.2 Å². The lowest BCUT2D eigenvalue weighted by Crippen LogP contribution is -2.42. The highest BCUT2D eigenvalue weighted by Crippen LogP contribution is 2.30. The van der Waals surface area contributed by atoms with Crippen LogP contribution >= 0.6 is 0 Å². The summed E-state index contributed by atoms with van der Waals surface area (Å²) < 4.78 is 36.7. The van der Waals surface area contributed by atoms with Gasteiger partial charge < -0.3 is 9.47 Å². The molecule has 1 amide bonds. The molecule has 1 unspecified atom stereocenters. The van der Waals surface area contributed by atoms with Gasteiger partial charge in [-0.25, -0.2) is 13.1 Å². The van der Waals surface area contributed by atoms with Crippen molar-refractivity contribution in [3.63, 3.8) is 0 Å². The molecule has 162 valence electrons. The van der Waals surface area contributed by atoms with Crippen molar-refractivity contribution in [2.45, 2.75) is 51.4 Å². The van der Waals surface area contributed by atoms with E-state index in [1.165, 1.54) is 45.7 Å². The zero-order valence-corrected chi connectivity index (χ0v) is 18.4. The molecule has 1 aliphatic carbocycles. The zero-order valence-electron chi connectivity index (χ0n) is 17.6. The molecule has 0 radical (unpaired) electrons. The number of amides is 1. The Bertz CT molecular complexity index is 996. The van der Waals surface area contributed by atoms with E-state index in [0.717, 1.165) is 17.9 Å². The van der Waals surface area contributed by atoms with Crippen molar-refractivity contribution in [1.82, 2.24) is 14.9 Å². The summed E-state index contributed by atoms with van der Waals surface area (Å²) in [6.07, 6.45) is 2.15. The molecule has 0 aliphatic heterocycles. The number of aromatic nitrogens is 2. The number of carbonyl (C=O) groups is 1. The van der Waals surface area contributed by atoms with E-state index < -0.39 is 20.7 Å². The third-order valence-electron chi connectivity index (χ3n) is 4.71. The minimum Gasteiger partial charge on any atom is -0.493 e. The van der Waals surface area contributed by atoms with Crippen LogP contribution in [0.3, 0.4) is 0 Å². The maximum Gasteiger partial charge on any atom is 0.285 e. The molecule has 1 fully saturated rings. The molecule has 1 atom stereocenters. The summed E-state index contributed by atoms with van der Waals surface area (Å²) in [4.78, 5) is 12.2. The van der Waals surface area contributed by atoms with Crippen LogP contribution in [0.4, 0.5) is 0 Å². The van der Waals surface area contributed by atoms with Crippen LogP contribution in [0.25, 0.3) is 0 Å². The lowest BCUT2D eigenvalue weighted by molar-refractivity contribution is 0.0974. The molecule has 3 rings (SSSR count). The molecule has 0 bridgehead atoms. The fourth-order valence-corrected chi connectivity index (χ4v) is 3.09. The van der Waals surface area contributed by atoms with Gasteiger partial charge in [0, 0.05) is 6.07 Å². The topological polar surface area (TPSA) is 107 Å².